The maximum absolute atomic E-state index is 11.7. The fraction of sp³-hybridized carbons (Fsp3) is 0.462. The lowest BCUT2D eigenvalue weighted by atomic mass is 10.2. The smallest absolute Gasteiger partial charge is 0.324 e. The molecule has 0 aliphatic carbocycles. The van der Waals surface area contributed by atoms with E-state index in [0.29, 0.717) is 6.54 Å². The number of anilines is 1. The molecule has 1 unspecified atom stereocenters. The molecule has 1 atom stereocenters. The minimum atomic E-state index is -0.270. The molecule has 6 nitrogen and oxygen atoms in total. The molecule has 2 aliphatic heterocycles. The van der Waals surface area contributed by atoms with Crippen LogP contribution in [-0.4, -0.2) is 47.5 Å². The van der Waals surface area contributed by atoms with Crippen LogP contribution >= 0.6 is 0 Å². The standard InChI is InChI=1S/C13H16N4O2/c1-9-2-3-11(14-6-9)16-5-4-10(8-16)17-12(18)7-15-13(17)19/h2-3,6,10H,4-5,7-8H2,1H3,(H,15,19). The first-order valence-corrected chi connectivity index (χ1v) is 6.42. The van der Waals surface area contributed by atoms with Crippen molar-refractivity contribution < 1.29 is 9.59 Å². The highest BCUT2D eigenvalue weighted by Crippen LogP contribution is 2.22. The van der Waals surface area contributed by atoms with E-state index in [0.717, 1.165) is 24.3 Å². The normalized spacial score (nSPS) is 23.1. The lowest BCUT2D eigenvalue weighted by Gasteiger charge is -2.22. The summed E-state index contributed by atoms with van der Waals surface area (Å²) in [5.41, 5.74) is 1.12. The second-order valence-electron chi connectivity index (χ2n) is 5.00. The maximum atomic E-state index is 11.7. The second-order valence-corrected chi connectivity index (χ2v) is 5.00. The zero-order chi connectivity index (χ0) is 13.4. The number of rotatable bonds is 2. The number of hydrogen-bond acceptors (Lipinski definition) is 4. The molecule has 2 saturated heterocycles. The number of nitrogens with zero attached hydrogens (tertiary/aromatic N) is 3. The lowest BCUT2D eigenvalue weighted by Crippen LogP contribution is -2.42. The minimum absolute atomic E-state index is 0.0434. The highest BCUT2D eigenvalue weighted by Gasteiger charge is 2.38. The summed E-state index contributed by atoms with van der Waals surface area (Å²) in [5, 5.41) is 2.56. The first kappa shape index (κ1) is 12.0. The van der Waals surface area contributed by atoms with Gasteiger partial charge in [-0.3, -0.25) is 9.69 Å². The van der Waals surface area contributed by atoms with Gasteiger partial charge in [0, 0.05) is 19.3 Å². The van der Waals surface area contributed by atoms with E-state index in [1.165, 1.54) is 4.90 Å². The molecule has 2 fully saturated rings. The van der Waals surface area contributed by atoms with Crippen molar-refractivity contribution in [2.24, 2.45) is 0 Å². The molecule has 1 aromatic heterocycles. The van der Waals surface area contributed by atoms with Gasteiger partial charge in [0.25, 0.3) is 0 Å². The molecule has 100 valence electrons. The summed E-state index contributed by atoms with van der Waals surface area (Å²) in [6.45, 7) is 3.60. The molecular weight excluding hydrogens is 244 g/mol. The molecule has 3 amide bonds. The van der Waals surface area contributed by atoms with Gasteiger partial charge in [-0.25, -0.2) is 9.78 Å². The van der Waals surface area contributed by atoms with E-state index in [4.69, 9.17) is 0 Å². The number of hydrogen-bond donors (Lipinski definition) is 1. The van der Waals surface area contributed by atoms with Crippen molar-refractivity contribution >= 4 is 17.8 Å². The summed E-state index contributed by atoms with van der Waals surface area (Å²) < 4.78 is 0. The highest BCUT2D eigenvalue weighted by molar-refractivity contribution is 6.02. The fourth-order valence-corrected chi connectivity index (χ4v) is 2.61. The highest BCUT2D eigenvalue weighted by atomic mass is 16.2. The van der Waals surface area contributed by atoms with E-state index in [9.17, 15) is 9.59 Å². The number of carbonyl (C=O) groups is 2. The van der Waals surface area contributed by atoms with Gasteiger partial charge in [-0.05, 0) is 25.0 Å². The molecule has 19 heavy (non-hydrogen) atoms. The topological polar surface area (TPSA) is 65.5 Å². The van der Waals surface area contributed by atoms with Crippen molar-refractivity contribution in [3.8, 4) is 0 Å². The summed E-state index contributed by atoms with van der Waals surface area (Å²) in [7, 11) is 0. The van der Waals surface area contributed by atoms with Gasteiger partial charge in [-0.1, -0.05) is 6.07 Å². The maximum Gasteiger partial charge on any atom is 0.324 e. The van der Waals surface area contributed by atoms with Crippen LogP contribution in [0.25, 0.3) is 0 Å². The molecule has 0 bridgehead atoms. The molecule has 0 spiro atoms. The van der Waals surface area contributed by atoms with Crippen LogP contribution in [0.15, 0.2) is 18.3 Å². The minimum Gasteiger partial charge on any atom is -0.354 e. The van der Waals surface area contributed by atoms with E-state index >= 15 is 0 Å². The number of urea groups is 1. The summed E-state index contributed by atoms with van der Waals surface area (Å²) in [5.74, 6) is 0.772. The molecule has 3 rings (SSSR count). The van der Waals surface area contributed by atoms with Crippen molar-refractivity contribution in [1.29, 1.82) is 0 Å². The summed E-state index contributed by atoms with van der Waals surface area (Å²) in [6, 6.07) is 3.68. The Labute approximate surface area is 111 Å². The zero-order valence-electron chi connectivity index (χ0n) is 10.8. The molecule has 3 heterocycles. The number of carbonyl (C=O) groups excluding carboxylic acids is 2. The molecule has 6 heteroatoms. The number of pyridine rings is 1. The molecule has 0 saturated carbocycles. The largest absolute Gasteiger partial charge is 0.354 e. The van der Waals surface area contributed by atoms with Crippen molar-refractivity contribution in [1.82, 2.24) is 15.2 Å². The zero-order valence-corrected chi connectivity index (χ0v) is 10.8. The Morgan fingerprint density at radius 1 is 1.37 bits per heavy atom. The van der Waals surface area contributed by atoms with Crippen LogP contribution in [0, 0.1) is 6.92 Å². The summed E-state index contributed by atoms with van der Waals surface area (Å²) in [4.78, 5) is 31.1. The third-order valence-corrected chi connectivity index (χ3v) is 3.63. The Balaban J connectivity index is 1.72. The Morgan fingerprint density at radius 3 is 2.84 bits per heavy atom. The predicted octanol–water partition coefficient (Wildman–Crippen LogP) is 0.521. The van der Waals surface area contributed by atoms with Gasteiger partial charge in [0.15, 0.2) is 0 Å². The Kier molecular flexibility index (Phi) is 2.85. The van der Waals surface area contributed by atoms with Crippen LogP contribution in [0.1, 0.15) is 12.0 Å². The van der Waals surface area contributed by atoms with E-state index < -0.39 is 0 Å². The first-order valence-electron chi connectivity index (χ1n) is 6.42. The van der Waals surface area contributed by atoms with Crippen LogP contribution in [0.2, 0.25) is 0 Å². The summed E-state index contributed by atoms with van der Waals surface area (Å²) in [6.07, 6.45) is 2.63. The van der Waals surface area contributed by atoms with Gasteiger partial charge in [-0.15, -0.1) is 0 Å². The van der Waals surface area contributed by atoms with Crippen LogP contribution in [0.5, 0.6) is 0 Å². The fourth-order valence-electron chi connectivity index (χ4n) is 2.61. The van der Waals surface area contributed by atoms with Gasteiger partial charge in [0.05, 0.1) is 12.6 Å². The van der Waals surface area contributed by atoms with Gasteiger partial charge < -0.3 is 10.2 Å². The lowest BCUT2D eigenvalue weighted by molar-refractivity contribution is -0.126. The molecule has 2 aliphatic rings. The van der Waals surface area contributed by atoms with Crippen molar-refractivity contribution in [3.63, 3.8) is 0 Å². The molecule has 0 aromatic carbocycles. The number of aryl methyl sites for hydroxylation is 1. The Morgan fingerprint density at radius 2 is 2.21 bits per heavy atom. The van der Waals surface area contributed by atoms with Crippen molar-refractivity contribution in [3.05, 3.63) is 23.9 Å². The average Bonchev–Trinajstić information content (AvgIpc) is 2.98. The van der Waals surface area contributed by atoms with E-state index in [-0.39, 0.29) is 24.5 Å². The van der Waals surface area contributed by atoms with Gasteiger partial charge in [0.2, 0.25) is 5.91 Å². The monoisotopic (exact) mass is 260 g/mol. The third-order valence-electron chi connectivity index (χ3n) is 3.63. The van der Waals surface area contributed by atoms with Crippen LogP contribution in [0.3, 0.4) is 0 Å². The van der Waals surface area contributed by atoms with E-state index in [2.05, 4.69) is 15.2 Å². The quantitative estimate of drug-likeness (QED) is 0.787. The van der Waals surface area contributed by atoms with E-state index in [1.807, 2.05) is 25.3 Å². The number of amides is 3. The number of aromatic nitrogens is 1. The van der Waals surface area contributed by atoms with E-state index in [1.54, 1.807) is 0 Å². The summed E-state index contributed by atoms with van der Waals surface area (Å²) >= 11 is 0. The van der Waals surface area contributed by atoms with Gasteiger partial charge in [-0.2, -0.15) is 0 Å². The number of nitrogens with one attached hydrogen (secondary N) is 1. The van der Waals surface area contributed by atoms with Gasteiger partial charge in [0.1, 0.15) is 5.82 Å². The molecule has 1 aromatic rings. The third kappa shape index (κ3) is 2.14. The van der Waals surface area contributed by atoms with Crippen LogP contribution < -0.4 is 10.2 Å². The second kappa shape index (κ2) is 4.53. The molecular formula is C13H16N4O2. The van der Waals surface area contributed by atoms with Crippen molar-refractivity contribution in [2.75, 3.05) is 24.5 Å². The van der Waals surface area contributed by atoms with Crippen molar-refractivity contribution in [2.45, 2.75) is 19.4 Å². The Bertz CT molecular complexity index is 498. The molecule has 0 radical (unpaired) electrons. The number of imide groups is 1. The predicted molar refractivity (Wildman–Crippen MR) is 69.8 cm³/mol. The Hall–Kier alpha value is -2.11. The van der Waals surface area contributed by atoms with Crippen LogP contribution in [0.4, 0.5) is 10.6 Å². The first-order chi connectivity index (χ1) is 9.15. The average molecular weight is 260 g/mol. The van der Waals surface area contributed by atoms with Gasteiger partial charge >= 0.3 is 6.03 Å². The van der Waals surface area contributed by atoms with Crippen LogP contribution in [-0.2, 0) is 4.79 Å². The molecule has 1 N–H and O–H groups in total. The SMILES string of the molecule is Cc1ccc(N2CCC(N3C(=O)CNC3=O)C2)nc1.